The number of rotatable bonds is 9. The molecule has 3 heterocycles. The molecule has 0 amide bonds. The molecule has 1 saturated carbocycles. The molecule has 2 fully saturated rings. The Labute approximate surface area is 243 Å². The van der Waals surface area contributed by atoms with Crippen LogP contribution >= 0.6 is 11.6 Å². The SMILES string of the molecule is COC(=O)c1ccc2nc(CC3CCC(c4cccc(OCc5ccc(Cl)cc5F)n4)CC3)n(C[C@@H]3CCO3)c2c1. The van der Waals surface area contributed by atoms with E-state index in [1.165, 1.54) is 13.2 Å². The Balaban J connectivity index is 1.11. The Morgan fingerprint density at radius 1 is 1.07 bits per heavy atom. The van der Waals surface area contributed by atoms with Gasteiger partial charge >= 0.3 is 5.97 Å². The second-order valence-corrected chi connectivity index (χ2v) is 11.4. The van der Waals surface area contributed by atoms with E-state index in [1.54, 1.807) is 18.2 Å². The molecule has 0 unspecified atom stereocenters. The molecule has 1 aliphatic carbocycles. The highest BCUT2D eigenvalue weighted by molar-refractivity contribution is 6.30. The molecule has 1 saturated heterocycles. The van der Waals surface area contributed by atoms with Crippen LogP contribution in [0, 0.1) is 11.7 Å². The normalized spacial score (nSPS) is 20.5. The van der Waals surface area contributed by atoms with Crippen molar-refractivity contribution in [1.82, 2.24) is 14.5 Å². The zero-order valence-corrected chi connectivity index (χ0v) is 23.8. The van der Waals surface area contributed by atoms with Gasteiger partial charge in [-0.25, -0.2) is 19.2 Å². The number of hydrogen-bond acceptors (Lipinski definition) is 6. The Morgan fingerprint density at radius 3 is 2.63 bits per heavy atom. The second kappa shape index (κ2) is 12.2. The number of carbonyl (C=O) groups is 1. The minimum Gasteiger partial charge on any atom is -0.473 e. The maximum atomic E-state index is 14.1. The van der Waals surface area contributed by atoms with Crippen molar-refractivity contribution in [2.45, 2.75) is 63.7 Å². The van der Waals surface area contributed by atoms with Gasteiger partial charge in [-0.15, -0.1) is 0 Å². The Bertz CT molecular complexity index is 1550. The van der Waals surface area contributed by atoms with Gasteiger partial charge < -0.3 is 18.8 Å². The molecular formula is C32H33ClFN3O4. The van der Waals surface area contributed by atoms with Gasteiger partial charge in [0.05, 0.1) is 36.4 Å². The van der Waals surface area contributed by atoms with E-state index in [2.05, 4.69) is 10.6 Å². The van der Waals surface area contributed by atoms with Crippen LogP contribution in [0.15, 0.2) is 54.6 Å². The molecule has 9 heteroatoms. The average Bonchev–Trinajstić information content (AvgIpc) is 3.30. The summed E-state index contributed by atoms with van der Waals surface area (Å²) < 4.78 is 32.9. The van der Waals surface area contributed by atoms with Crippen molar-refractivity contribution in [3.63, 3.8) is 0 Å². The number of benzene rings is 2. The molecule has 2 aliphatic rings. The molecule has 214 valence electrons. The maximum absolute atomic E-state index is 14.1. The third kappa shape index (κ3) is 6.23. The van der Waals surface area contributed by atoms with E-state index < -0.39 is 0 Å². The topological polar surface area (TPSA) is 75.5 Å². The zero-order chi connectivity index (χ0) is 28.3. The predicted octanol–water partition coefficient (Wildman–Crippen LogP) is 6.89. The van der Waals surface area contributed by atoms with Crippen LogP contribution in [0.1, 0.15) is 65.5 Å². The molecule has 1 atom stereocenters. The Kier molecular flexibility index (Phi) is 8.21. The van der Waals surface area contributed by atoms with Crippen molar-refractivity contribution in [3.05, 3.63) is 88.1 Å². The molecule has 0 spiro atoms. The fourth-order valence-corrected chi connectivity index (χ4v) is 6.02. The summed E-state index contributed by atoms with van der Waals surface area (Å²) >= 11 is 5.85. The van der Waals surface area contributed by atoms with Crippen molar-refractivity contribution in [2.24, 2.45) is 5.92 Å². The lowest BCUT2D eigenvalue weighted by molar-refractivity contribution is -0.0590. The quantitative estimate of drug-likeness (QED) is 0.202. The lowest BCUT2D eigenvalue weighted by Gasteiger charge is -2.30. The van der Waals surface area contributed by atoms with Gasteiger partial charge in [-0.3, -0.25) is 0 Å². The third-order valence-electron chi connectivity index (χ3n) is 8.30. The van der Waals surface area contributed by atoms with Crippen LogP contribution in [0.4, 0.5) is 4.39 Å². The van der Waals surface area contributed by atoms with Gasteiger partial charge in [-0.1, -0.05) is 23.7 Å². The van der Waals surface area contributed by atoms with Crippen LogP contribution in [0.3, 0.4) is 0 Å². The van der Waals surface area contributed by atoms with Gasteiger partial charge in [0.2, 0.25) is 5.88 Å². The number of methoxy groups -OCH3 is 1. The summed E-state index contributed by atoms with van der Waals surface area (Å²) in [6.07, 6.45) is 6.31. The van der Waals surface area contributed by atoms with E-state index in [4.69, 9.17) is 35.8 Å². The number of pyridine rings is 1. The number of fused-ring (bicyclic) bond motifs is 1. The highest BCUT2D eigenvalue weighted by Gasteiger charge is 2.27. The average molecular weight is 578 g/mol. The summed E-state index contributed by atoms with van der Waals surface area (Å²) in [5, 5.41) is 0.360. The van der Waals surface area contributed by atoms with Gasteiger partial charge in [-0.2, -0.15) is 0 Å². The number of imidazole rings is 1. The van der Waals surface area contributed by atoms with Crippen LogP contribution in [0.25, 0.3) is 11.0 Å². The number of esters is 1. The minimum atomic E-state index is -0.385. The molecule has 6 rings (SSSR count). The summed E-state index contributed by atoms with van der Waals surface area (Å²) in [7, 11) is 1.40. The van der Waals surface area contributed by atoms with E-state index in [0.717, 1.165) is 74.2 Å². The monoisotopic (exact) mass is 577 g/mol. The first-order chi connectivity index (χ1) is 20.0. The molecule has 2 aromatic carbocycles. The molecule has 0 bridgehead atoms. The number of nitrogens with zero attached hydrogens (tertiary/aromatic N) is 3. The maximum Gasteiger partial charge on any atom is 0.337 e. The first-order valence-electron chi connectivity index (χ1n) is 14.2. The van der Waals surface area contributed by atoms with E-state index in [0.29, 0.717) is 33.9 Å². The minimum absolute atomic E-state index is 0.0974. The Hall–Kier alpha value is -3.49. The van der Waals surface area contributed by atoms with Crippen molar-refractivity contribution in [1.29, 1.82) is 0 Å². The Morgan fingerprint density at radius 2 is 1.90 bits per heavy atom. The summed E-state index contributed by atoms with van der Waals surface area (Å²) in [6, 6.07) is 16.0. The first kappa shape index (κ1) is 27.7. The fourth-order valence-electron chi connectivity index (χ4n) is 5.86. The number of halogens is 2. The van der Waals surface area contributed by atoms with E-state index in [-0.39, 0.29) is 24.5 Å². The summed E-state index contributed by atoms with van der Waals surface area (Å²) in [5.74, 6) is 1.67. The molecule has 0 radical (unpaired) electrons. The van der Waals surface area contributed by atoms with Gasteiger partial charge in [-0.05, 0) is 74.4 Å². The molecule has 1 aliphatic heterocycles. The zero-order valence-electron chi connectivity index (χ0n) is 23.0. The number of hydrogen-bond donors (Lipinski definition) is 0. The summed E-state index contributed by atoms with van der Waals surface area (Å²) in [5.41, 5.74) is 3.83. The van der Waals surface area contributed by atoms with Gasteiger partial charge in [0.15, 0.2) is 0 Å². The molecule has 0 N–H and O–H groups in total. The van der Waals surface area contributed by atoms with Crippen LogP contribution in [0.5, 0.6) is 5.88 Å². The van der Waals surface area contributed by atoms with Crippen LogP contribution < -0.4 is 4.74 Å². The molecular weight excluding hydrogens is 545 g/mol. The lowest BCUT2D eigenvalue weighted by atomic mass is 9.79. The van der Waals surface area contributed by atoms with E-state index >= 15 is 0 Å². The smallest absolute Gasteiger partial charge is 0.337 e. The number of aromatic nitrogens is 3. The van der Waals surface area contributed by atoms with Crippen molar-refractivity contribution in [3.8, 4) is 5.88 Å². The van der Waals surface area contributed by atoms with Crippen LogP contribution in [-0.2, 0) is 29.0 Å². The fraction of sp³-hybridized carbons (Fsp3) is 0.406. The largest absolute Gasteiger partial charge is 0.473 e. The summed E-state index contributed by atoms with van der Waals surface area (Å²) in [6.45, 7) is 1.63. The van der Waals surface area contributed by atoms with E-state index in [9.17, 15) is 9.18 Å². The van der Waals surface area contributed by atoms with E-state index in [1.807, 2.05) is 24.3 Å². The van der Waals surface area contributed by atoms with Gasteiger partial charge in [0.25, 0.3) is 0 Å². The predicted molar refractivity (Wildman–Crippen MR) is 154 cm³/mol. The highest BCUT2D eigenvalue weighted by atomic mass is 35.5. The van der Waals surface area contributed by atoms with Crippen molar-refractivity contribution < 1.29 is 23.4 Å². The number of carbonyl (C=O) groups excluding carboxylic acids is 1. The number of ether oxygens (including phenoxy) is 3. The third-order valence-corrected chi connectivity index (χ3v) is 8.54. The van der Waals surface area contributed by atoms with Crippen molar-refractivity contribution in [2.75, 3.05) is 13.7 Å². The van der Waals surface area contributed by atoms with Gasteiger partial charge in [0.1, 0.15) is 18.2 Å². The molecule has 4 aromatic rings. The standard InChI is InChI=1S/C32H33ClFN3O4/c1-39-32(38)22-10-12-28-29(16-22)37(18-25-13-14-40-25)30(35-28)15-20-5-7-21(8-6-20)27-3-2-4-31(36-27)41-19-23-9-11-24(33)17-26(23)34/h2-4,9-12,16-17,20-21,25H,5-8,13-15,18-19H2,1H3/t20?,21?,25-/m0/s1. The first-order valence-corrected chi connectivity index (χ1v) is 14.6. The molecule has 7 nitrogen and oxygen atoms in total. The molecule has 41 heavy (non-hydrogen) atoms. The van der Waals surface area contributed by atoms with Gasteiger partial charge in [0, 0.05) is 41.3 Å². The van der Waals surface area contributed by atoms with Crippen LogP contribution in [0.2, 0.25) is 5.02 Å². The van der Waals surface area contributed by atoms with Crippen LogP contribution in [-0.4, -0.2) is 40.3 Å². The second-order valence-electron chi connectivity index (χ2n) is 11.0. The van der Waals surface area contributed by atoms with Crippen molar-refractivity contribution >= 4 is 28.6 Å². The molecule has 2 aromatic heterocycles. The highest BCUT2D eigenvalue weighted by Crippen LogP contribution is 2.37. The lowest BCUT2D eigenvalue weighted by Crippen LogP contribution is -2.32. The summed E-state index contributed by atoms with van der Waals surface area (Å²) in [4.78, 5) is 21.9.